The van der Waals surface area contributed by atoms with Crippen LogP contribution in [0.1, 0.15) is 49.4 Å². The third kappa shape index (κ3) is 3.33. The highest BCUT2D eigenvalue weighted by Crippen LogP contribution is 2.28. The first-order chi connectivity index (χ1) is 7.45. The molecule has 0 saturated carbocycles. The molecule has 0 aliphatic rings. The van der Waals surface area contributed by atoms with Crippen molar-refractivity contribution in [3.05, 3.63) is 33.3 Å². The van der Waals surface area contributed by atoms with Gasteiger partial charge in [-0.15, -0.1) is 0 Å². The number of halogens is 1. The normalized spacial score (nSPS) is 14.9. The van der Waals surface area contributed by atoms with Crippen molar-refractivity contribution >= 4 is 15.9 Å². The van der Waals surface area contributed by atoms with E-state index >= 15 is 0 Å². The molecule has 0 aliphatic heterocycles. The number of hydrogen-bond acceptors (Lipinski definition) is 1. The Balaban J connectivity index is 2.91. The lowest BCUT2D eigenvalue weighted by Gasteiger charge is -2.19. The van der Waals surface area contributed by atoms with Crippen molar-refractivity contribution in [2.75, 3.05) is 0 Å². The molecule has 0 aromatic heterocycles. The first kappa shape index (κ1) is 13.7. The van der Waals surface area contributed by atoms with Crippen molar-refractivity contribution in [3.63, 3.8) is 0 Å². The number of rotatable bonds is 4. The lowest BCUT2D eigenvalue weighted by Crippen LogP contribution is -2.15. The molecule has 16 heavy (non-hydrogen) atoms. The van der Waals surface area contributed by atoms with Gasteiger partial charge in [-0.25, -0.2) is 0 Å². The summed E-state index contributed by atoms with van der Waals surface area (Å²) < 4.78 is 1.17. The van der Waals surface area contributed by atoms with Crippen LogP contribution in [0.3, 0.4) is 0 Å². The molecular weight excluding hydrogens is 262 g/mol. The fourth-order valence-electron chi connectivity index (χ4n) is 1.93. The summed E-state index contributed by atoms with van der Waals surface area (Å²) in [6.45, 7) is 8.73. The fraction of sp³-hybridized carbons (Fsp3) is 0.571. The van der Waals surface area contributed by atoms with E-state index in [-0.39, 0.29) is 6.04 Å². The molecule has 0 saturated heterocycles. The Kier molecular flexibility index (Phi) is 5.00. The topological polar surface area (TPSA) is 26.0 Å². The van der Waals surface area contributed by atoms with Crippen molar-refractivity contribution in [1.82, 2.24) is 0 Å². The predicted molar refractivity (Wildman–Crippen MR) is 74.6 cm³/mol. The molecule has 1 rings (SSSR count). The first-order valence-corrected chi connectivity index (χ1v) is 6.77. The molecule has 1 aromatic carbocycles. The molecule has 2 N–H and O–H groups in total. The van der Waals surface area contributed by atoms with Crippen LogP contribution in [0, 0.1) is 19.8 Å². The van der Waals surface area contributed by atoms with Crippen LogP contribution in [0.4, 0.5) is 0 Å². The van der Waals surface area contributed by atoms with Crippen molar-refractivity contribution < 1.29 is 0 Å². The van der Waals surface area contributed by atoms with Crippen LogP contribution in [0.25, 0.3) is 0 Å². The molecule has 0 spiro atoms. The van der Waals surface area contributed by atoms with E-state index in [1.807, 2.05) is 0 Å². The molecule has 2 unspecified atom stereocenters. The van der Waals surface area contributed by atoms with Crippen LogP contribution < -0.4 is 5.73 Å². The summed E-state index contributed by atoms with van der Waals surface area (Å²) in [6, 6.07) is 4.55. The van der Waals surface area contributed by atoms with Crippen LogP contribution >= 0.6 is 15.9 Å². The lowest BCUT2D eigenvalue weighted by molar-refractivity contribution is 0.460. The van der Waals surface area contributed by atoms with Gasteiger partial charge in [0.25, 0.3) is 0 Å². The second-order valence-corrected chi connectivity index (χ2v) is 5.67. The Hall–Kier alpha value is -0.340. The molecule has 1 nitrogen and oxygen atoms in total. The fourth-order valence-corrected chi connectivity index (χ4v) is 2.39. The SMILES string of the molecule is CCC(C)CC(N)c1cc(C)c(Br)cc1C. The summed E-state index contributed by atoms with van der Waals surface area (Å²) in [5, 5.41) is 0. The summed E-state index contributed by atoms with van der Waals surface area (Å²) in [5.74, 6) is 0.693. The number of nitrogens with two attached hydrogens (primary N) is 1. The monoisotopic (exact) mass is 283 g/mol. The first-order valence-electron chi connectivity index (χ1n) is 5.97. The van der Waals surface area contributed by atoms with Gasteiger partial charge in [-0.3, -0.25) is 0 Å². The molecule has 2 atom stereocenters. The van der Waals surface area contributed by atoms with Crippen LogP contribution in [-0.4, -0.2) is 0 Å². The summed E-state index contributed by atoms with van der Waals surface area (Å²) in [5.41, 5.74) is 10.1. The van der Waals surface area contributed by atoms with Crippen LogP contribution in [0.15, 0.2) is 16.6 Å². The van der Waals surface area contributed by atoms with Crippen LogP contribution in [0.5, 0.6) is 0 Å². The molecule has 2 heteroatoms. The molecular formula is C14H22BrN. The minimum atomic E-state index is 0.168. The summed E-state index contributed by atoms with van der Waals surface area (Å²) in [6.07, 6.45) is 2.26. The van der Waals surface area contributed by atoms with Crippen LogP contribution in [-0.2, 0) is 0 Å². The van der Waals surface area contributed by atoms with E-state index in [9.17, 15) is 0 Å². The Morgan fingerprint density at radius 1 is 1.25 bits per heavy atom. The van der Waals surface area contributed by atoms with Gasteiger partial charge in [-0.2, -0.15) is 0 Å². The summed E-state index contributed by atoms with van der Waals surface area (Å²) in [4.78, 5) is 0. The van der Waals surface area contributed by atoms with Crippen molar-refractivity contribution in [1.29, 1.82) is 0 Å². The maximum Gasteiger partial charge on any atom is 0.0300 e. The average molecular weight is 284 g/mol. The Morgan fingerprint density at radius 2 is 1.88 bits per heavy atom. The number of benzene rings is 1. The quantitative estimate of drug-likeness (QED) is 0.865. The molecule has 0 fully saturated rings. The number of hydrogen-bond donors (Lipinski definition) is 1. The van der Waals surface area contributed by atoms with E-state index in [0.717, 1.165) is 6.42 Å². The standard InChI is InChI=1S/C14H22BrN/c1-5-9(2)6-14(16)12-7-11(4)13(15)8-10(12)3/h7-9,14H,5-6,16H2,1-4H3. The highest BCUT2D eigenvalue weighted by molar-refractivity contribution is 9.10. The molecule has 0 aliphatic carbocycles. The highest BCUT2D eigenvalue weighted by atomic mass is 79.9. The molecule has 1 aromatic rings. The van der Waals surface area contributed by atoms with E-state index in [0.29, 0.717) is 5.92 Å². The highest BCUT2D eigenvalue weighted by Gasteiger charge is 2.13. The van der Waals surface area contributed by atoms with E-state index in [1.54, 1.807) is 0 Å². The van der Waals surface area contributed by atoms with E-state index < -0.39 is 0 Å². The van der Waals surface area contributed by atoms with Gasteiger partial charge in [0.05, 0.1) is 0 Å². The lowest BCUT2D eigenvalue weighted by atomic mass is 9.91. The van der Waals surface area contributed by atoms with Crippen molar-refractivity contribution in [2.24, 2.45) is 11.7 Å². The van der Waals surface area contributed by atoms with Gasteiger partial charge in [-0.1, -0.05) is 42.3 Å². The molecule has 0 amide bonds. The van der Waals surface area contributed by atoms with Gasteiger partial charge < -0.3 is 5.73 Å². The van der Waals surface area contributed by atoms with Crippen molar-refractivity contribution in [3.8, 4) is 0 Å². The third-order valence-electron chi connectivity index (χ3n) is 3.30. The molecule has 0 heterocycles. The summed E-state index contributed by atoms with van der Waals surface area (Å²) >= 11 is 3.55. The van der Waals surface area contributed by atoms with Gasteiger partial charge in [0.1, 0.15) is 0 Å². The van der Waals surface area contributed by atoms with Gasteiger partial charge in [0, 0.05) is 10.5 Å². The molecule has 0 radical (unpaired) electrons. The smallest absolute Gasteiger partial charge is 0.0300 e. The Labute approximate surface area is 108 Å². The van der Waals surface area contributed by atoms with E-state index in [1.165, 1.54) is 27.6 Å². The third-order valence-corrected chi connectivity index (χ3v) is 4.15. The van der Waals surface area contributed by atoms with Gasteiger partial charge in [0.15, 0.2) is 0 Å². The Bertz CT molecular complexity index is 360. The zero-order valence-corrected chi connectivity index (χ0v) is 12.3. The zero-order chi connectivity index (χ0) is 12.3. The average Bonchev–Trinajstić information content (AvgIpc) is 2.23. The second-order valence-electron chi connectivity index (χ2n) is 4.81. The number of aryl methyl sites for hydroxylation is 2. The van der Waals surface area contributed by atoms with E-state index in [4.69, 9.17) is 5.73 Å². The van der Waals surface area contributed by atoms with E-state index in [2.05, 4.69) is 55.8 Å². The zero-order valence-electron chi connectivity index (χ0n) is 10.7. The Morgan fingerprint density at radius 3 is 2.44 bits per heavy atom. The van der Waals surface area contributed by atoms with Gasteiger partial charge >= 0.3 is 0 Å². The second kappa shape index (κ2) is 5.83. The predicted octanol–water partition coefficient (Wildman–Crippen LogP) is 4.50. The minimum absolute atomic E-state index is 0.168. The van der Waals surface area contributed by atoms with Gasteiger partial charge in [-0.05, 0) is 48.9 Å². The van der Waals surface area contributed by atoms with Gasteiger partial charge in [0.2, 0.25) is 0 Å². The van der Waals surface area contributed by atoms with Crippen molar-refractivity contribution in [2.45, 2.75) is 46.6 Å². The van der Waals surface area contributed by atoms with Crippen LogP contribution in [0.2, 0.25) is 0 Å². The summed E-state index contributed by atoms with van der Waals surface area (Å²) in [7, 11) is 0. The molecule has 90 valence electrons. The maximum absolute atomic E-state index is 6.28. The maximum atomic E-state index is 6.28. The minimum Gasteiger partial charge on any atom is -0.324 e. The largest absolute Gasteiger partial charge is 0.324 e. The molecule has 0 bridgehead atoms.